The Labute approximate surface area is 135 Å². The van der Waals surface area contributed by atoms with Crippen molar-refractivity contribution in [3.63, 3.8) is 0 Å². The van der Waals surface area contributed by atoms with Crippen molar-refractivity contribution in [3.8, 4) is 17.0 Å². The second kappa shape index (κ2) is 6.12. The number of ether oxygens (including phenoxy) is 1. The first-order chi connectivity index (χ1) is 11.0. The van der Waals surface area contributed by atoms with Crippen LogP contribution in [-0.2, 0) is 0 Å². The summed E-state index contributed by atoms with van der Waals surface area (Å²) in [6.45, 7) is 0. The van der Waals surface area contributed by atoms with Crippen LogP contribution >= 0.6 is 11.8 Å². The number of nitrogens with zero attached hydrogens (tertiary/aromatic N) is 1. The summed E-state index contributed by atoms with van der Waals surface area (Å²) in [7, 11) is 1.53. The number of thioether (sulfide) groups is 1. The minimum Gasteiger partial charge on any atom is -0.497 e. The smallest absolute Gasteiger partial charge is 0.446 e. The summed E-state index contributed by atoms with van der Waals surface area (Å²) in [5.74, 6) is 0.611. The molecule has 0 radical (unpaired) electrons. The molecule has 3 aromatic rings. The van der Waals surface area contributed by atoms with Crippen molar-refractivity contribution in [2.24, 2.45) is 0 Å². The van der Waals surface area contributed by atoms with Gasteiger partial charge in [-0.15, -0.1) is 0 Å². The third-order valence-corrected chi connectivity index (χ3v) is 4.03. The van der Waals surface area contributed by atoms with E-state index >= 15 is 0 Å². The van der Waals surface area contributed by atoms with Crippen LogP contribution in [0.3, 0.4) is 0 Å². The Balaban J connectivity index is 2.22. The third kappa shape index (κ3) is 3.59. The van der Waals surface area contributed by atoms with Crippen LogP contribution in [0.25, 0.3) is 22.2 Å². The van der Waals surface area contributed by atoms with E-state index in [1.807, 2.05) is 6.07 Å². The highest BCUT2D eigenvalue weighted by atomic mass is 32.2. The largest absolute Gasteiger partial charge is 0.497 e. The van der Waals surface area contributed by atoms with Gasteiger partial charge < -0.3 is 4.74 Å². The monoisotopic (exact) mass is 335 g/mol. The molecule has 2 aromatic carbocycles. The fourth-order valence-corrected chi connectivity index (χ4v) is 2.96. The van der Waals surface area contributed by atoms with Crippen LogP contribution in [0.4, 0.5) is 13.2 Å². The number of hydrogen-bond donors (Lipinski definition) is 0. The van der Waals surface area contributed by atoms with Crippen molar-refractivity contribution in [1.82, 2.24) is 4.98 Å². The third-order valence-electron chi connectivity index (χ3n) is 3.26. The fraction of sp³-hybridized carbons (Fsp3) is 0.118. The molecule has 1 aromatic heterocycles. The lowest BCUT2D eigenvalue weighted by Crippen LogP contribution is -2.01. The molecule has 0 bridgehead atoms. The topological polar surface area (TPSA) is 22.1 Å². The molecule has 0 unspecified atom stereocenters. The first-order valence-electron chi connectivity index (χ1n) is 6.76. The van der Waals surface area contributed by atoms with Gasteiger partial charge in [0, 0.05) is 21.9 Å². The van der Waals surface area contributed by atoms with Crippen LogP contribution in [0, 0.1) is 0 Å². The lowest BCUT2D eigenvalue weighted by molar-refractivity contribution is -0.0328. The molecular formula is C17H12F3NOS. The molecule has 0 aliphatic carbocycles. The van der Waals surface area contributed by atoms with Gasteiger partial charge >= 0.3 is 5.51 Å². The first-order valence-corrected chi connectivity index (χ1v) is 7.58. The van der Waals surface area contributed by atoms with Crippen LogP contribution in [0.5, 0.6) is 5.75 Å². The summed E-state index contributed by atoms with van der Waals surface area (Å²) < 4.78 is 43.8. The number of benzene rings is 2. The number of pyridine rings is 1. The molecule has 0 saturated carbocycles. The van der Waals surface area contributed by atoms with E-state index in [-0.39, 0.29) is 16.7 Å². The van der Waals surface area contributed by atoms with Gasteiger partial charge in [-0.3, -0.25) is 0 Å². The van der Waals surface area contributed by atoms with Crippen LogP contribution in [0.2, 0.25) is 0 Å². The Bertz CT molecular complexity index is 834. The zero-order valence-corrected chi connectivity index (χ0v) is 12.9. The number of fused-ring (bicyclic) bond motifs is 1. The molecule has 0 atom stereocenters. The van der Waals surface area contributed by atoms with E-state index < -0.39 is 5.51 Å². The number of hydrogen-bond acceptors (Lipinski definition) is 3. The molecule has 0 aliphatic heterocycles. The van der Waals surface area contributed by atoms with Crippen LogP contribution in [-0.4, -0.2) is 17.6 Å². The van der Waals surface area contributed by atoms with E-state index in [0.717, 1.165) is 0 Å². The number of rotatable bonds is 3. The maximum atomic E-state index is 12.9. The van der Waals surface area contributed by atoms with Gasteiger partial charge in [-0.1, -0.05) is 30.3 Å². The van der Waals surface area contributed by atoms with Crippen molar-refractivity contribution in [2.45, 2.75) is 10.4 Å². The molecule has 23 heavy (non-hydrogen) atoms. The minimum atomic E-state index is -4.37. The van der Waals surface area contributed by atoms with Gasteiger partial charge in [-0.2, -0.15) is 13.2 Å². The quantitative estimate of drug-likeness (QED) is 0.588. The van der Waals surface area contributed by atoms with E-state index in [2.05, 4.69) is 4.98 Å². The summed E-state index contributed by atoms with van der Waals surface area (Å²) in [6, 6.07) is 15.5. The summed E-state index contributed by atoms with van der Waals surface area (Å²) in [5, 5.41) is 0.636. The van der Waals surface area contributed by atoms with Crippen LogP contribution < -0.4 is 4.74 Å². The fourth-order valence-electron chi connectivity index (χ4n) is 2.26. The predicted octanol–water partition coefficient (Wildman–Crippen LogP) is 5.52. The first kappa shape index (κ1) is 15.7. The van der Waals surface area contributed by atoms with Gasteiger partial charge in [0.2, 0.25) is 0 Å². The minimum absolute atomic E-state index is 0.0846. The van der Waals surface area contributed by atoms with Crippen molar-refractivity contribution in [1.29, 1.82) is 0 Å². The predicted molar refractivity (Wildman–Crippen MR) is 85.6 cm³/mol. The number of methoxy groups -OCH3 is 1. The maximum absolute atomic E-state index is 12.9. The van der Waals surface area contributed by atoms with E-state index in [1.165, 1.54) is 13.2 Å². The number of halogens is 3. The van der Waals surface area contributed by atoms with E-state index in [0.29, 0.717) is 27.9 Å². The molecule has 0 spiro atoms. The average Bonchev–Trinajstić information content (AvgIpc) is 2.53. The molecule has 6 heteroatoms. The normalized spacial score (nSPS) is 11.7. The molecule has 1 heterocycles. The van der Waals surface area contributed by atoms with E-state index in [9.17, 15) is 13.2 Å². The van der Waals surface area contributed by atoms with Crippen molar-refractivity contribution >= 4 is 22.7 Å². The summed E-state index contributed by atoms with van der Waals surface area (Å²) in [6.07, 6.45) is 0. The Kier molecular flexibility index (Phi) is 4.17. The maximum Gasteiger partial charge on any atom is 0.446 e. The molecular weight excluding hydrogens is 323 g/mol. The SMILES string of the molecule is COc1ccc2cc(SC(F)(F)F)c(-c3ccccc3)nc2c1. The highest BCUT2D eigenvalue weighted by molar-refractivity contribution is 8.00. The Morgan fingerprint density at radius 2 is 1.74 bits per heavy atom. The van der Waals surface area contributed by atoms with Crippen LogP contribution in [0.15, 0.2) is 59.5 Å². The Morgan fingerprint density at radius 1 is 1.00 bits per heavy atom. The van der Waals surface area contributed by atoms with Gasteiger partial charge in [0.25, 0.3) is 0 Å². The van der Waals surface area contributed by atoms with Crippen molar-refractivity contribution < 1.29 is 17.9 Å². The molecule has 118 valence electrons. The van der Waals surface area contributed by atoms with Gasteiger partial charge in [0.1, 0.15) is 5.75 Å². The van der Waals surface area contributed by atoms with Gasteiger partial charge in [-0.05, 0) is 30.0 Å². The molecule has 0 N–H and O–H groups in total. The lowest BCUT2D eigenvalue weighted by atomic mass is 10.1. The van der Waals surface area contributed by atoms with Crippen molar-refractivity contribution in [3.05, 3.63) is 54.6 Å². The van der Waals surface area contributed by atoms with Gasteiger partial charge in [0.05, 0.1) is 18.3 Å². The zero-order chi connectivity index (χ0) is 16.4. The molecule has 0 saturated heterocycles. The molecule has 3 rings (SSSR count). The number of alkyl halides is 3. The lowest BCUT2D eigenvalue weighted by Gasteiger charge is -2.12. The molecule has 0 fully saturated rings. The van der Waals surface area contributed by atoms with Gasteiger partial charge in [-0.25, -0.2) is 4.98 Å². The standard InChI is InChI=1S/C17H12F3NOS/c1-22-13-8-7-12-9-15(23-17(18,19)20)16(21-14(12)10-13)11-5-3-2-4-6-11/h2-10H,1H3. The Hall–Kier alpha value is -2.21. The summed E-state index contributed by atoms with van der Waals surface area (Å²) in [4.78, 5) is 4.52. The number of aromatic nitrogens is 1. The molecule has 2 nitrogen and oxygen atoms in total. The van der Waals surface area contributed by atoms with E-state index in [1.54, 1.807) is 42.5 Å². The second-order valence-electron chi connectivity index (χ2n) is 4.81. The summed E-state index contributed by atoms with van der Waals surface area (Å²) >= 11 is -0.147. The van der Waals surface area contributed by atoms with E-state index in [4.69, 9.17) is 4.74 Å². The second-order valence-corrected chi connectivity index (χ2v) is 5.91. The average molecular weight is 335 g/mol. The zero-order valence-electron chi connectivity index (χ0n) is 12.1. The van der Waals surface area contributed by atoms with Crippen LogP contribution in [0.1, 0.15) is 0 Å². The molecule has 0 amide bonds. The van der Waals surface area contributed by atoms with Gasteiger partial charge in [0.15, 0.2) is 0 Å². The highest BCUT2D eigenvalue weighted by Crippen LogP contribution is 2.42. The van der Waals surface area contributed by atoms with Crippen molar-refractivity contribution in [2.75, 3.05) is 7.11 Å². The molecule has 0 aliphatic rings. The Morgan fingerprint density at radius 3 is 2.39 bits per heavy atom. The summed E-state index contributed by atoms with van der Waals surface area (Å²) in [5.41, 5.74) is -2.82. The highest BCUT2D eigenvalue weighted by Gasteiger charge is 2.31.